The topological polar surface area (TPSA) is 81.1 Å². The molecule has 3 rings (SSSR count). The van der Waals surface area contributed by atoms with Gasteiger partial charge in [-0.2, -0.15) is 0 Å². The summed E-state index contributed by atoms with van der Waals surface area (Å²) in [6.45, 7) is 1.28. The van der Waals surface area contributed by atoms with Crippen molar-refractivity contribution < 1.29 is 0 Å². The van der Waals surface area contributed by atoms with Gasteiger partial charge in [0.05, 0.1) is 11.9 Å². The minimum absolute atomic E-state index is 0.593. The summed E-state index contributed by atoms with van der Waals surface area (Å²) in [4.78, 5) is 8.53. The van der Waals surface area contributed by atoms with Gasteiger partial charge in [-0.3, -0.25) is 4.98 Å². The van der Waals surface area contributed by atoms with Gasteiger partial charge in [0.1, 0.15) is 5.82 Å². The molecule has 3 aromatic heterocycles. The van der Waals surface area contributed by atoms with Crippen molar-refractivity contribution in [1.82, 2.24) is 19.6 Å². The van der Waals surface area contributed by atoms with Crippen molar-refractivity contribution in [1.29, 1.82) is 0 Å². The van der Waals surface area contributed by atoms with Gasteiger partial charge < -0.3 is 11.1 Å². The first kappa shape index (κ1) is 12.6. The van der Waals surface area contributed by atoms with Crippen LogP contribution in [0.4, 0.5) is 5.82 Å². The Morgan fingerprint density at radius 2 is 2.20 bits per heavy atom. The van der Waals surface area contributed by atoms with Gasteiger partial charge in [-0.25, -0.2) is 9.50 Å². The molecular formula is C14H16N6. The molecule has 0 bridgehead atoms. The van der Waals surface area contributed by atoms with Crippen LogP contribution in [0.15, 0.2) is 42.9 Å². The first-order chi connectivity index (χ1) is 9.85. The van der Waals surface area contributed by atoms with Gasteiger partial charge in [0.25, 0.3) is 0 Å². The zero-order valence-corrected chi connectivity index (χ0v) is 11.0. The number of nitrogens with one attached hydrogen (secondary N) is 1. The lowest BCUT2D eigenvalue weighted by Crippen LogP contribution is -2.04. The van der Waals surface area contributed by atoms with E-state index in [-0.39, 0.29) is 0 Å². The summed E-state index contributed by atoms with van der Waals surface area (Å²) in [6, 6.07) is 7.81. The van der Waals surface area contributed by atoms with E-state index in [1.165, 1.54) is 0 Å². The SMILES string of the molecule is NCCc1cn2nc(NCc3cccnc3)ccc2n1. The van der Waals surface area contributed by atoms with Gasteiger partial charge in [-0.15, -0.1) is 5.10 Å². The Morgan fingerprint density at radius 3 is 3.00 bits per heavy atom. The van der Waals surface area contributed by atoms with Crippen molar-refractivity contribution in [3.8, 4) is 0 Å². The highest BCUT2D eigenvalue weighted by Gasteiger charge is 2.03. The summed E-state index contributed by atoms with van der Waals surface area (Å²) in [6.07, 6.45) is 6.28. The number of hydrogen-bond donors (Lipinski definition) is 2. The first-order valence-electron chi connectivity index (χ1n) is 6.53. The summed E-state index contributed by atoms with van der Waals surface area (Å²) < 4.78 is 1.77. The van der Waals surface area contributed by atoms with Crippen LogP contribution in [0, 0.1) is 0 Å². The zero-order valence-electron chi connectivity index (χ0n) is 11.0. The standard InChI is InChI=1S/C14H16N6/c15-6-5-12-10-20-14(18-12)4-3-13(19-20)17-9-11-2-1-7-16-8-11/h1-4,7-8,10H,5-6,9,15H2,(H,17,19). The first-order valence-corrected chi connectivity index (χ1v) is 6.53. The van der Waals surface area contributed by atoms with Gasteiger partial charge in [0, 0.05) is 25.4 Å². The number of anilines is 1. The van der Waals surface area contributed by atoms with Crippen LogP contribution in [-0.4, -0.2) is 26.1 Å². The fraction of sp³-hybridized carbons (Fsp3) is 0.214. The lowest BCUT2D eigenvalue weighted by Gasteiger charge is -2.05. The molecule has 0 aromatic carbocycles. The molecule has 6 nitrogen and oxygen atoms in total. The summed E-state index contributed by atoms with van der Waals surface area (Å²) >= 11 is 0. The smallest absolute Gasteiger partial charge is 0.153 e. The number of pyridine rings is 1. The van der Waals surface area contributed by atoms with E-state index >= 15 is 0 Å². The minimum Gasteiger partial charge on any atom is -0.364 e. The van der Waals surface area contributed by atoms with E-state index in [0.717, 1.165) is 29.1 Å². The number of nitrogens with zero attached hydrogens (tertiary/aromatic N) is 4. The summed E-state index contributed by atoms with van der Waals surface area (Å²) in [5, 5.41) is 7.74. The van der Waals surface area contributed by atoms with Gasteiger partial charge in [0.15, 0.2) is 5.65 Å². The Balaban J connectivity index is 1.75. The van der Waals surface area contributed by atoms with Crippen LogP contribution in [0.25, 0.3) is 5.65 Å². The third-order valence-corrected chi connectivity index (χ3v) is 2.97. The second-order valence-corrected chi connectivity index (χ2v) is 4.51. The van der Waals surface area contributed by atoms with E-state index in [1.807, 2.05) is 36.7 Å². The molecule has 3 aromatic rings. The third kappa shape index (κ3) is 2.75. The van der Waals surface area contributed by atoms with Gasteiger partial charge in [-0.05, 0) is 30.3 Å². The van der Waals surface area contributed by atoms with E-state index in [4.69, 9.17) is 5.73 Å². The molecule has 102 valence electrons. The number of nitrogens with two attached hydrogens (primary N) is 1. The number of aromatic nitrogens is 4. The molecule has 20 heavy (non-hydrogen) atoms. The van der Waals surface area contributed by atoms with Crippen LogP contribution in [0.1, 0.15) is 11.3 Å². The van der Waals surface area contributed by atoms with Gasteiger partial charge >= 0.3 is 0 Å². The Kier molecular flexibility index (Phi) is 3.56. The molecule has 0 amide bonds. The molecule has 0 aliphatic heterocycles. The predicted molar refractivity (Wildman–Crippen MR) is 77.3 cm³/mol. The van der Waals surface area contributed by atoms with Crippen molar-refractivity contribution in [3.63, 3.8) is 0 Å². The lowest BCUT2D eigenvalue weighted by atomic mass is 10.3. The fourth-order valence-corrected chi connectivity index (χ4v) is 1.99. The second kappa shape index (κ2) is 5.66. The Labute approximate surface area is 116 Å². The van der Waals surface area contributed by atoms with E-state index in [9.17, 15) is 0 Å². The Morgan fingerprint density at radius 1 is 1.25 bits per heavy atom. The molecule has 6 heteroatoms. The van der Waals surface area contributed by atoms with E-state index < -0.39 is 0 Å². The highest BCUT2D eigenvalue weighted by molar-refractivity contribution is 5.45. The highest BCUT2D eigenvalue weighted by atomic mass is 15.3. The fourth-order valence-electron chi connectivity index (χ4n) is 1.99. The Hall–Kier alpha value is -2.47. The second-order valence-electron chi connectivity index (χ2n) is 4.51. The largest absolute Gasteiger partial charge is 0.364 e. The number of imidazole rings is 1. The molecular weight excluding hydrogens is 252 g/mol. The number of fused-ring (bicyclic) bond motifs is 1. The van der Waals surface area contributed by atoms with Crippen molar-refractivity contribution in [2.75, 3.05) is 11.9 Å². The van der Waals surface area contributed by atoms with E-state index in [0.29, 0.717) is 13.1 Å². The van der Waals surface area contributed by atoms with Gasteiger partial charge in [0.2, 0.25) is 0 Å². The van der Waals surface area contributed by atoms with E-state index in [2.05, 4.69) is 20.4 Å². The van der Waals surface area contributed by atoms with Crippen molar-refractivity contribution >= 4 is 11.5 Å². The normalized spacial score (nSPS) is 10.8. The molecule has 0 atom stereocenters. The average molecular weight is 268 g/mol. The molecule has 0 radical (unpaired) electrons. The molecule has 0 saturated carbocycles. The molecule has 0 unspecified atom stereocenters. The maximum atomic E-state index is 5.54. The summed E-state index contributed by atoms with van der Waals surface area (Å²) in [5.74, 6) is 0.804. The minimum atomic E-state index is 0.593. The molecule has 3 N–H and O–H groups in total. The van der Waals surface area contributed by atoms with Crippen LogP contribution in [0.5, 0.6) is 0 Å². The molecule has 0 spiro atoms. The van der Waals surface area contributed by atoms with E-state index in [1.54, 1.807) is 10.7 Å². The molecule has 0 saturated heterocycles. The maximum absolute atomic E-state index is 5.54. The van der Waals surface area contributed by atoms with Crippen molar-refractivity contribution in [2.24, 2.45) is 5.73 Å². The third-order valence-electron chi connectivity index (χ3n) is 2.97. The van der Waals surface area contributed by atoms with Crippen LogP contribution in [-0.2, 0) is 13.0 Å². The number of rotatable bonds is 5. The molecule has 0 aliphatic carbocycles. The average Bonchev–Trinajstić information content (AvgIpc) is 2.88. The highest BCUT2D eigenvalue weighted by Crippen LogP contribution is 2.09. The Bertz CT molecular complexity index is 691. The maximum Gasteiger partial charge on any atom is 0.153 e. The van der Waals surface area contributed by atoms with Crippen molar-refractivity contribution in [3.05, 3.63) is 54.1 Å². The van der Waals surface area contributed by atoms with Crippen LogP contribution in [0.3, 0.4) is 0 Å². The molecule has 0 aliphatic rings. The quantitative estimate of drug-likeness (QED) is 0.727. The van der Waals surface area contributed by atoms with Crippen LogP contribution < -0.4 is 11.1 Å². The van der Waals surface area contributed by atoms with Crippen LogP contribution in [0.2, 0.25) is 0 Å². The molecule has 0 fully saturated rings. The predicted octanol–water partition coefficient (Wildman–Crippen LogP) is 1.24. The van der Waals surface area contributed by atoms with Crippen molar-refractivity contribution in [2.45, 2.75) is 13.0 Å². The number of hydrogen-bond acceptors (Lipinski definition) is 5. The molecule has 3 heterocycles. The van der Waals surface area contributed by atoms with Crippen LogP contribution >= 0.6 is 0 Å². The summed E-state index contributed by atoms with van der Waals surface area (Å²) in [5.41, 5.74) is 8.45. The zero-order chi connectivity index (χ0) is 13.8. The lowest BCUT2D eigenvalue weighted by molar-refractivity contribution is 0.908. The summed E-state index contributed by atoms with van der Waals surface area (Å²) in [7, 11) is 0. The monoisotopic (exact) mass is 268 g/mol. The van der Waals surface area contributed by atoms with Gasteiger partial charge in [-0.1, -0.05) is 6.07 Å².